The molecule has 0 atom stereocenters. The van der Waals surface area contributed by atoms with Crippen molar-refractivity contribution in [2.45, 2.75) is 0 Å². The Morgan fingerprint density at radius 1 is 1.13 bits per heavy atom. The fourth-order valence-electron chi connectivity index (χ4n) is 2.23. The van der Waals surface area contributed by atoms with Gasteiger partial charge in [0.2, 0.25) is 0 Å². The summed E-state index contributed by atoms with van der Waals surface area (Å²) in [4.78, 5) is 25.9. The number of aromatic nitrogens is 4. The standard InChI is InChI=1S/C16H11N5OS/c22-16(11-3-5-17-6-4-11)20-15-9-19-14-8-18-12(10-21(14)15)13-2-1-7-23-13/h1-10H,(H,20,22). The molecule has 4 heterocycles. The highest BCUT2D eigenvalue weighted by Crippen LogP contribution is 2.24. The van der Waals surface area contributed by atoms with Crippen molar-refractivity contribution in [2.24, 2.45) is 0 Å². The molecule has 0 aliphatic carbocycles. The van der Waals surface area contributed by atoms with Crippen molar-refractivity contribution in [3.8, 4) is 10.6 Å². The predicted molar refractivity (Wildman–Crippen MR) is 88.5 cm³/mol. The molecule has 0 spiro atoms. The average Bonchev–Trinajstić information content (AvgIpc) is 3.25. The number of hydrogen-bond donors (Lipinski definition) is 1. The number of thiophene rings is 1. The minimum absolute atomic E-state index is 0.205. The molecular weight excluding hydrogens is 310 g/mol. The van der Waals surface area contributed by atoms with E-state index in [2.05, 4.69) is 20.3 Å². The van der Waals surface area contributed by atoms with E-state index in [9.17, 15) is 4.79 Å². The number of hydrogen-bond acceptors (Lipinski definition) is 5. The summed E-state index contributed by atoms with van der Waals surface area (Å²) < 4.78 is 1.82. The zero-order valence-electron chi connectivity index (χ0n) is 11.9. The second-order valence-electron chi connectivity index (χ2n) is 4.81. The maximum absolute atomic E-state index is 12.3. The monoisotopic (exact) mass is 321 g/mol. The van der Waals surface area contributed by atoms with Gasteiger partial charge in [0.15, 0.2) is 5.65 Å². The van der Waals surface area contributed by atoms with Crippen molar-refractivity contribution in [3.63, 3.8) is 0 Å². The SMILES string of the molecule is O=C(Nc1cnc2cnc(-c3cccs3)cn12)c1ccncc1. The molecule has 0 aliphatic rings. The summed E-state index contributed by atoms with van der Waals surface area (Å²) in [5.41, 5.74) is 2.06. The number of carbonyl (C=O) groups excluding carboxylic acids is 1. The summed E-state index contributed by atoms with van der Waals surface area (Å²) in [5.74, 6) is 0.394. The molecule has 0 saturated carbocycles. The van der Waals surface area contributed by atoms with E-state index in [1.54, 1.807) is 48.3 Å². The number of imidazole rings is 1. The van der Waals surface area contributed by atoms with Crippen LogP contribution in [0, 0.1) is 0 Å². The fourth-order valence-corrected chi connectivity index (χ4v) is 2.91. The molecule has 1 N–H and O–H groups in total. The molecule has 6 nitrogen and oxygen atoms in total. The molecule has 0 aliphatic heterocycles. The molecular formula is C16H11N5OS. The van der Waals surface area contributed by atoms with Gasteiger partial charge >= 0.3 is 0 Å². The normalized spacial score (nSPS) is 10.8. The van der Waals surface area contributed by atoms with Crippen molar-refractivity contribution in [3.05, 3.63) is 66.2 Å². The highest BCUT2D eigenvalue weighted by atomic mass is 32.1. The van der Waals surface area contributed by atoms with Gasteiger partial charge in [-0.2, -0.15) is 0 Å². The van der Waals surface area contributed by atoms with Gasteiger partial charge < -0.3 is 5.32 Å². The van der Waals surface area contributed by atoms with Crippen molar-refractivity contribution in [2.75, 3.05) is 5.32 Å². The number of pyridine rings is 1. The maximum Gasteiger partial charge on any atom is 0.256 e. The Balaban J connectivity index is 1.70. The minimum atomic E-state index is -0.205. The Kier molecular flexibility index (Phi) is 3.32. The highest BCUT2D eigenvalue weighted by molar-refractivity contribution is 7.13. The molecule has 0 unspecified atom stereocenters. The van der Waals surface area contributed by atoms with Gasteiger partial charge in [0.25, 0.3) is 5.91 Å². The zero-order chi connectivity index (χ0) is 15.6. The molecule has 0 radical (unpaired) electrons. The van der Waals surface area contributed by atoms with Crippen LogP contribution in [0.4, 0.5) is 5.82 Å². The number of fused-ring (bicyclic) bond motifs is 1. The molecule has 0 saturated heterocycles. The van der Waals surface area contributed by atoms with E-state index >= 15 is 0 Å². The summed E-state index contributed by atoms with van der Waals surface area (Å²) in [7, 11) is 0. The van der Waals surface area contributed by atoms with Crippen LogP contribution in [0.25, 0.3) is 16.2 Å². The molecule has 112 valence electrons. The highest BCUT2D eigenvalue weighted by Gasteiger charge is 2.11. The quantitative estimate of drug-likeness (QED) is 0.629. The van der Waals surface area contributed by atoms with Crippen LogP contribution >= 0.6 is 11.3 Å². The number of rotatable bonds is 3. The maximum atomic E-state index is 12.3. The van der Waals surface area contributed by atoms with Gasteiger partial charge in [-0.3, -0.25) is 14.2 Å². The Bertz CT molecular complexity index is 963. The summed E-state index contributed by atoms with van der Waals surface area (Å²) in [6, 6.07) is 7.31. The van der Waals surface area contributed by atoms with Gasteiger partial charge in [-0.25, -0.2) is 9.97 Å². The summed E-state index contributed by atoms with van der Waals surface area (Å²) >= 11 is 1.61. The van der Waals surface area contributed by atoms with Crippen molar-refractivity contribution >= 4 is 28.7 Å². The van der Waals surface area contributed by atoms with Crippen LogP contribution in [0.15, 0.2) is 60.6 Å². The van der Waals surface area contributed by atoms with Crippen LogP contribution in [-0.2, 0) is 0 Å². The van der Waals surface area contributed by atoms with Crippen LogP contribution < -0.4 is 5.32 Å². The van der Waals surface area contributed by atoms with E-state index < -0.39 is 0 Å². The molecule has 1 amide bonds. The molecule has 4 aromatic rings. The number of amides is 1. The number of carbonyl (C=O) groups is 1. The number of nitrogens with zero attached hydrogens (tertiary/aromatic N) is 4. The third-order valence-corrected chi connectivity index (χ3v) is 4.25. The topological polar surface area (TPSA) is 72.2 Å². The Labute approximate surface area is 135 Å². The second kappa shape index (κ2) is 5.62. The van der Waals surface area contributed by atoms with Crippen molar-refractivity contribution in [1.82, 2.24) is 19.4 Å². The molecule has 0 fully saturated rings. The Hall–Kier alpha value is -3.06. The first kappa shape index (κ1) is 13.6. The van der Waals surface area contributed by atoms with E-state index in [4.69, 9.17) is 0 Å². The van der Waals surface area contributed by atoms with Gasteiger partial charge in [-0.15, -0.1) is 11.3 Å². The van der Waals surface area contributed by atoms with E-state index in [0.717, 1.165) is 10.6 Å². The first-order chi connectivity index (χ1) is 11.3. The van der Waals surface area contributed by atoms with Crippen LogP contribution in [0.3, 0.4) is 0 Å². The van der Waals surface area contributed by atoms with E-state index in [1.165, 1.54) is 0 Å². The Morgan fingerprint density at radius 2 is 2.00 bits per heavy atom. The third kappa shape index (κ3) is 2.58. The van der Waals surface area contributed by atoms with Crippen molar-refractivity contribution in [1.29, 1.82) is 0 Å². The van der Waals surface area contributed by atoms with Crippen LogP contribution in [0.2, 0.25) is 0 Å². The molecule has 23 heavy (non-hydrogen) atoms. The number of nitrogens with one attached hydrogen (secondary N) is 1. The minimum Gasteiger partial charge on any atom is -0.306 e. The molecule has 4 aromatic heterocycles. The molecule has 0 aromatic carbocycles. The fraction of sp³-hybridized carbons (Fsp3) is 0. The first-order valence-corrected chi connectivity index (χ1v) is 7.77. The van der Waals surface area contributed by atoms with Gasteiger partial charge in [0.05, 0.1) is 23.0 Å². The van der Waals surface area contributed by atoms with E-state index in [1.807, 2.05) is 28.1 Å². The van der Waals surface area contributed by atoms with Crippen LogP contribution in [-0.4, -0.2) is 25.3 Å². The largest absolute Gasteiger partial charge is 0.306 e. The van der Waals surface area contributed by atoms with Crippen molar-refractivity contribution < 1.29 is 4.79 Å². The summed E-state index contributed by atoms with van der Waals surface area (Å²) in [6.07, 6.45) is 8.35. The van der Waals surface area contributed by atoms with Gasteiger partial charge in [-0.05, 0) is 23.6 Å². The molecule has 7 heteroatoms. The first-order valence-electron chi connectivity index (χ1n) is 6.89. The van der Waals surface area contributed by atoms with Crippen LogP contribution in [0.5, 0.6) is 0 Å². The number of anilines is 1. The molecule has 4 rings (SSSR count). The van der Waals surface area contributed by atoms with E-state index in [-0.39, 0.29) is 5.91 Å². The van der Waals surface area contributed by atoms with E-state index in [0.29, 0.717) is 17.0 Å². The lowest BCUT2D eigenvalue weighted by Gasteiger charge is -2.05. The lowest BCUT2D eigenvalue weighted by molar-refractivity contribution is 0.102. The second-order valence-corrected chi connectivity index (χ2v) is 5.76. The Morgan fingerprint density at radius 3 is 2.78 bits per heavy atom. The lowest BCUT2D eigenvalue weighted by atomic mass is 10.2. The zero-order valence-corrected chi connectivity index (χ0v) is 12.7. The third-order valence-electron chi connectivity index (χ3n) is 3.35. The van der Waals surface area contributed by atoms with Gasteiger partial charge in [0, 0.05) is 24.2 Å². The predicted octanol–water partition coefficient (Wildman–Crippen LogP) is 3.11. The van der Waals surface area contributed by atoms with Crippen LogP contribution in [0.1, 0.15) is 10.4 Å². The summed E-state index contributed by atoms with van der Waals surface area (Å²) in [5, 5.41) is 4.86. The van der Waals surface area contributed by atoms with Gasteiger partial charge in [-0.1, -0.05) is 6.07 Å². The lowest BCUT2D eigenvalue weighted by Crippen LogP contribution is -2.13. The smallest absolute Gasteiger partial charge is 0.256 e. The molecule has 0 bridgehead atoms. The van der Waals surface area contributed by atoms with Gasteiger partial charge in [0.1, 0.15) is 5.82 Å². The average molecular weight is 321 g/mol. The summed E-state index contributed by atoms with van der Waals surface area (Å²) in [6.45, 7) is 0.